The number of carbonyl (C=O) groups is 3. The number of pyridine rings is 1. The summed E-state index contributed by atoms with van der Waals surface area (Å²) in [4.78, 5) is 51.3. The number of ether oxygens (including phenoxy) is 3. The number of nitrogens with one attached hydrogen (secondary N) is 2. The zero-order valence-electron chi connectivity index (χ0n) is 34.8. The molecule has 3 aromatic heterocycles. The minimum atomic E-state index is -0.846. The predicted octanol–water partition coefficient (Wildman–Crippen LogP) is 6.90. The molecule has 0 spiro atoms. The van der Waals surface area contributed by atoms with Gasteiger partial charge in [-0.25, -0.2) is 10.4 Å². The number of cyclic esters (lactones) is 1. The Morgan fingerprint density at radius 3 is 2.67 bits per heavy atom. The molecule has 0 radical (unpaired) electrons. The molecular weight excluding hydrogens is 741 g/mol. The van der Waals surface area contributed by atoms with E-state index in [1.165, 1.54) is 16.3 Å². The van der Waals surface area contributed by atoms with Gasteiger partial charge in [0.05, 0.1) is 40.4 Å². The van der Waals surface area contributed by atoms with Gasteiger partial charge < -0.3 is 24.1 Å². The summed E-state index contributed by atoms with van der Waals surface area (Å²) in [7, 11) is 3.45. The predicted molar refractivity (Wildman–Crippen MR) is 221 cm³/mol. The molecule has 4 aromatic rings. The van der Waals surface area contributed by atoms with Crippen LogP contribution < -0.4 is 10.7 Å². The molecule has 3 aliphatic rings. The number of amides is 2. The highest BCUT2D eigenvalue weighted by atomic mass is 32.1. The SMILES string of the molecule is CO[C@@H](C)c1ncccc1-c1c2c3cc(ccc3n1CCC(C)(C)OC)-c1csc(n1)C[C@H](NC(=O)[C@H]1[C@H](C)[C@@H]1C)C(=O)N1CCC[C@H](N1)C(=O)OCC(C)(C)C2. The van der Waals surface area contributed by atoms with Gasteiger partial charge in [-0.15, -0.1) is 11.3 Å². The average Bonchev–Trinajstić information content (AvgIpc) is 3.47. The van der Waals surface area contributed by atoms with E-state index in [9.17, 15) is 14.4 Å². The monoisotopic (exact) mass is 798 g/mol. The van der Waals surface area contributed by atoms with Crippen molar-refractivity contribution in [3.8, 4) is 22.5 Å². The Labute approximate surface area is 340 Å². The fourth-order valence-corrected chi connectivity index (χ4v) is 9.21. The molecule has 7 rings (SSSR count). The molecule has 2 N–H and O–H groups in total. The zero-order chi connectivity index (χ0) is 40.8. The number of hydrogen-bond acceptors (Lipinski definition) is 10. The molecule has 1 aliphatic carbocycles. The quantitative estimate of drug-likeness (QED) is 0.173. The molecule has 6 atom stereocenters. The Hall–Kier alpha value is -4.17. The van der Waals surface area contributed by atoms with Crippen LogP contribution in [-0.2, 0) is 48.0 Å². The highest BCUT2D eigenvalue weighted by molar-refractivity contribution is 7.10. The molecule has 306 valence electrons. The van der Waals surface area contributed by atoms with E-state index >= 15 is 0 Å². The number of hydrazine groups is 1. The van der Waals surface area contributed by atoms with Crippen molar-refractivity contribution in [3.05, 3.63) is 58.2 Å². The summed E-state index contributed by atoms with van der Waals surface area (Å²) in [5, 5.41) is 8.42. The van der Waals surface area contributed by atoms with Crippen LogP contribution in [0, 0.1) is 23.2 Å². The molecule has 2 amide bonds. The van der Waals surface area contributed by atoms with Gasteiger partial charge in [0.25, 0.3) is 5.91 Å². The Morgan fingerprint density at radius 2 is 1.95 bits per heavy atom. The van der Waals surface area contributed by atoms with E-state index in [-0.39, 0.29) is 54.3 Å². The zero-order valence-corrected chi connectivity index (χ0v) is 35.6. The molecular formula is C44H58N6O6S. The van der Waals surface area contributed by atoms with Crippen LogP contribution in [0.3, 0.4) is 0 Å². The number of fused-ring (bicyclic) bond motifs is 6. The largest absolute Gasteiger partial charge is 0.464 e. The summed E-state index contributed by atoms with van der Waals surface area (Å²) < 4.78 is 20.3. The van der Waals surface area contributed by atoms with Crippen LogP contribution in [0.15, 0.2) is 41.9 Å². The van der Waals surface area contributed by atoms with Gasteiger partial charge in [0.2, 0.25) is 5.91 Å². The van der Waals surface area contributed by atoms with Gasteiger partial charge in [0, 0.05) is 78.7 Å². The molecule has 1 saturated heterocycles. The van der Waals surface area contributed by atoms with Gasteiger partial charge >= 0.3 is 5.97 Å². The number of hydrogen-bond donors (Lipinski definition) is 2. The van der Waals surface area contributed by atoms with Crippen molar-refractivity contribution in [3.63, 3.8) is 0 Å². The lowest BCUT2D eigenvalue weighted by Gasteiger charge is -2.35. The lowest BCUT2D eigenvalue weighted by Crippen LogP contribution is -2.60. The van der Waals surface area contributed by atoms with E-state index in [4.69, 9.17) is 24.2 Å². The molecule has 13 heteroatoms. The Balaban J connectivity index is 1.38. The fourth-order valence-electron chi connectivity index (χ4n) is 8.36. The molecule has 5 heterocycles. The van der Waals surface area contributed by atoms with Crippen molar-refractivity contribution in [2.24, 2.45) is 23.2 Å². The van der Waals surface area contributed by atoms with Crippen molar-refractivity contribution in [1.29, 1.82) is 0 Å². The summed E-state index contributed by atoms with van der Waals surface area (Å²) in [5.74, 6) is -0.408. The summed E-state index contributed by atoms with van der Waals surface area (Å²) in [6.07, 6.45) is 4.29. The number of esters is 1. The maximum atomic E-state index is 14.2. The first kappa shape index (κ1) is 41.0. The van der Waals surface area contributed by atoms with Crippen molar-refractivity contribution in [2.75, 3.05) is 27.4 Å². The van der Waals surface area contributed by atoms with Crippen molar-refractivity contribution < 1.29 is 28.6 Å². The Bertz CT molecular complexity index is 2130. The van der Waals surface area contributed by atoms with Crippen LogP contribution in [0.2, 0.25) is 0 Å². The van der Waals surface area contributed by atoms with Crippen molar-refractivity contribution in [1.82, 2.24) is 30.3 Å². The molecule has 12 nitrogen and oxygen atoms in total. The number of methoxy groups -OCH3 is 2. The van der Waals surface area contributed by atoms with E-state index in [0.717, 1.165) is 56.1 Å². The first-order valence-electron chi connectivity index (χ1n) is 20.3. The molecule has 6 bridgehead atoms. The van der Waals surface area contributed by atoms with E-state index in [1.54, 1.807) is 14.2 Å². The lowest BCUT2D eigenvalue weighted by atomic mass is 9.84. The van der Waals surface area contributed by atoms with E-state index in [0.29, 0.717) is 32.4 Å². The second-order valence-corrected chi connectivity index (χ2v) is 18.6. The highest BCUT2D eigenvalue weighted by Gasteiger charge is 2.49. The van der Waals surface area contributed by atoms with Gasteiger partial charge in [-0.1, -0.05) is 33.8 Å². The smallest absolute Gasteiger partial charge is 0.324 e. The topological polar surface area (TPSA) is 137 Å². The second kappa shape index (κ2) is 16.2. The third kappa shape index (κ3) is 8.53. The van der Waals surface area contributed by atoms with Crippen LogP contribution in [0.5, 0.6) is 0 Å². The number of thiazole rings is 1. The molecule has 57 heavy (non-hydrogen) atoms. The molecule has 2 fully saturated rings. The van der Waals surface area contributed by atoms with E-state index in [1.807, 2.05) is 24.6 Å². The minimum absolute atomic E-state index is 0.119. The van der Waals surface area contributed by atoms with Crippen LogP contribution in [0.25, 0.3) is 33.4 Å². The van der Waals surface area contributed by atoms with Gasteiger partial charge in [-0.2, -0.15) is 0 Å². The summed E-state index contributed by atoms with van der Waals surface area (Å²) in [5.41, 5.74) is 9.13. The maximum Gasteiger partial charge on any atom is 0.324 e. The molecule has 0 unspecified atom stereocenters. The first-order chi connectivity index (χ1) is 27.1. The second-order valence-electron chi connectivity index (χ2n) is 17.6. The Kier molecular flexibility index (Phi) is 11.7. The van der Waals surface area contributed by atoms with Crippen molar-refractivity contribution in [2.45, 2.75) is 111 Å². The van der Waals surface area contributed by atoms with Gasteiger partial charge in [-0.05, 0) is 88.1 Å². The number of aryl methyl sites for hydroxylation is 1. The number of benzene rings is 1. The number of rotatable bonds is 9. The Morgan fingerprint density at radius 1 is 1.18 bits per heavy atom. The van der Waals surface area contributed by atoms with Crippen LogP contribution in [0.1, 0.15) is 90.1 Å². The molecule has 1 aromatic carbocycles. The normalized spacial score (nSPS) is 24.5. The fraction of sp³-hybridized carbons (Fsp3) is 0.568. The third-order valence-corrected chi connectivity index (χ3v) is 13.3. The number of nitrogens with zero attached hydrogens (tertiary/aromatic N) is 4. The van der Waals surface area contributed by atoms with Gasteiger partial charge in [-0.3, -0.25) is 24.4 Å². The average molecular weight is 799 g/mol. The summed E-state index contributed by atoms with van der Waals surface area (Å²) >= 11 is 1.48. The maximum absolute atomic E-state index is 14.2. The van der Waals surface area contributed by atoms with Gasteiger partial charge in [0.15, 0.2) is 0 Å². The third-order valence-electron chi connectivity index (χ3n) is 12.5. The molecule has 1 saturated carbocycles. The summed E-state index contributed by atoms with van der Waals surface area (Å²) in [6, 6.07) is 9.04. The highest BCUT2D eigenvalue weighted by Crippen LogP contribution is 2.46. The lowest BCUT2D eigenvalue weighted by molar-refractivity contribution is -0.155. The van der Waals surface area contributed by atoms with E-state index < -0.39 is 23.5 Å². The van der Waals surface area contributed by atoms with Gasteiger partial charge in [0.1, 0.15) is 12.1 Å². The number of aromatic nitrogens is 3. The van der Waals surface area contributed by atoms with Crippen molar-refractivity contribution >= 4 is 40.0 Å². The van der Waals surface area contributed by atoms with Crippen LogP contribution in [0.4, 0.5) is 0 Å². The first-order valence-corrected chi connectivity index (χ1v) is 21.2. The molecule has 2 aliphatic heterocycles. The van der Waals surface area contributed by atoms with Crippen LogP contribution in [-0.4, -0.2) is 82.4 Å². The minimum Gasteiger partial charge on any atom is -0.464 e. The van der Waals surface area contributed by atoms with E-state index in [2.05, 4.69) is 81.1 Å². The summed E-state index contributed by atoms with van der Waals surface area (Å²) in [6.45, 7) is 15.9. The van der Waals surface area contributed by atoms with Crippen LogP contribution >= 0.6 is 11.3 Å². The standard InChI is InChI=1S/C44H58N6O6S/c1-25-26(2)37(25)40(51)47-33-21-36-46-34(23-57-36)28-14-15-35-30(20-28)31(22-43(4,5)24-56-42(53)32-13-11-18-50(48-32)41(33)52)39(49(35)19-16-44(6,7)55-9)29-12-10-17-45-38(29)27(3)54-8/h10,12,14-15,17,20,23,25-27,32-33,37,48H,11,13,16,18-19,21-22,24H2,1-9H3,(H,47,51)/t25-,26+,27-,32-,33-,37+/m0/s1. The number of carbonyl (C=O) groups excluding carboxylic acids is 3.